The fourth-order valence-corrected chi connectivity index (χ4v) is 15.0. The van der Waals surface area contributed by atoms with Crippen LogP contribution in [0.3, 0.4) is 0 Å². The van der Waals surface area contributed by atoms with Gasteiger partial charge >= 0.3 is 0 Å². The van der Waals surface area contributed by atoms with Gasteiger partial charge in [0, 0.05) is 20.0 Å². The van der Waals surface area contributed by atoms with Crippen LogP contribution in [0.4, 0.5) is 0 Å². The second-order valence-electron chi connectivity index (χ2n) is 12.9. The maximum atomic E-state index is 3.95. The largest absolute Gasteiger partial charge is 0.0776 e. The average molecular weight is 619 g/mol. The van der Waals surface area contributed by atoms with Crippen molar-refractivity contribution in [1.29, 1.82) is 0 Å². The summed E-state index contributed by atoms with van der Waals surface area (Å²) >= 11 is 7.91. The average Bonchev–Trinajstić information content (AvgIpc) is 3.17. The second-order valence-corrected chi connectivity index (χ2v) is 29.5. The van der Waals surface area contributed by atoms with Crippen LogP contribution in [0, 0.1) is 0 Å². The van der Waals surface area contributed by atoms with E-state index in [4.69, 9.17) is 0 Å². The number of allylic oxidation sites excluding steroid dienone is 2. The second kappa shape index (κ2) is 8.29. The third kappa shape index (κ3) is 4.35. The van der Waals surface area contributed by atoms with Crippen molar-refractivity contribution in [3.8, 4) is 0 Å². The zero-order valence-corrected chi connectivity index (χ0v) is 28.0. The Balaban J connectivity index is 1.89. The van der Waals surface area contributed by atoms with Gasteiger partial charge in [0.25, 0.3) is 0 Å². The van der Waals surface area contributed by atoms with E-state index in [-0.39, 0.29) is 0 Å². The van der Waals surface area contributed by atoms with Gasteiger partial charge in [-0.05, 0) is 48.2 Å². The molecule has 2 aliphatic carbocycles. The monoisotopic (exact) mass is 616 g/mol. The summed E-state index contributed by atoms with van der Waals surface area (Å²) in [6.45, 7) is 24.8. The quantitative estimate of drug-likeness (QED) is 0.301. The Hall–Kier alpha value is -0.469. The molecule has 0 aliphatic heterocycles. The molecule has 176 valence electrons. The van der Waals surface area contributed by atoms with Crippen molar-refractivity contribution in [2.75, 3.05) is 0 Å². The van der Waals surface area contributed by atoms with Crippen LogP contribution >= 0.6 is 31.9 Å². The highest BCUT2D eigenvalue weighted by Crippen LogP contribution is 2.53. The first kappa shape index (κ1) is 25.6. The van der Waals surface area contributed by atoms with Crippen molar-refractivity contribution in [3.63, 3.8) is 0 Å². The van der Waals surface area contributed by atoms with E-state index in [0.717, 1.165) is 0 Å². The molecule has 2 unspecified atom stereocenters. The smallest absolute Gasteiger partial charge is 0.0679 e. The predicted octanol–water partition coefficient (Wildman–Crippen LogP) is 8.79. The van der Waals surface area contributed by atoms with Crippen molar-refractivity contribution in [1.82, 2.24) is 0 Å². The summed E-state index contributed by atoms with van der Waals surface area (Å²) < 4.78 is 2.57. The predicted molar refractivity (Wildman–Crippen MR) is 165 cm³/mol. The van der Waals surface area contributed by atoms with Crippen LogP contribution in [-0.4, -0.2) is 24.2 Å². The van der Waals surface area contributed by atoms with E-state index in [9.17, 15) is 0 Å². The molecule has 0 N–H and O–H groups in total. The molecule has 0 fully saturated rings. The Morgan fingerprint density at radius 3 is 1.21 bits per heavy atom. The molecule has 2 aromatic rings. The van der Waals surface area contributed by atoms with Crippen LogP contribution in [0.1, 0.15) is 47.2 Å². The van der Waals surface area contributed by atoms with Crippen molar-refractivity contribution in [2.45, 2.75) is 77.3 Å². The van der Waals surface area contributed by atoms with Crippen LogP contribution in [0.25, 0.3) is 12.2 Å². The normalized spacial score (nSPS) is 20.5. The van der Waals surface area contributed by atoms with Crippen molar-refractivity contribution in [3.05, 3.63) is 66.6 Å². The van der Waals surface area contributed by atoms with Crippen molar-refractivity contribution in [2.24, 2.45) is 0 Å². The molecule has 0 saturated heterocycles. The molecule has 2 aliphatic rings. The fraction of sp³-hybridized carbons (Fsp3) is 0.429. The molecule has 0 spiro atoms. The maximum absolute atomic E-state index is 3.95. The number of rotatable bonds is 4. The third-order valence-electron chi connectivity index (χ3n) is 7.82. The first-order chi connectivity index (χ1) is 15.0. The van der Waals surface area contributed by atoms with Crippen molar-refractivity contribution < 1.29 is 0 Å². The Labute approximate surface area is 221 Å². The number of hydrogen-bond acceptors (Lipinski definition) is 0. The van der Waals surface area contributed by atoms with E-state index in [1.165, 1.54) is 20.1 Å². The molecule has 0 radical (unpaired) electrons. The summed E-state index contributed by atoms with van der Waals surface area (Å²) in [6, 6.07) is 9.97. The van der Waals surface area contributed by atoms with Gasteiger partial charge in [0.1, 0.15) is 0 Å². The molecule has 2 atom stereocenters. The number of halogens is 2. The van der Waals surface area contributed by atoms with E-state index >= 15 is 0 Å². The lowest BCUT2D eigenvalue weighted by molar-refractivity contribution is 0.968. The molecule has 5 heteroatoms. The fourth-order valence-electron chi connectivity index (χ4n) is 6.18. The Morgan fingerprint density at radius 1 is 0.576 bits per heavy atom. The molecule has 0 saturated carbocycles. The zero-order valence-electron chi connectivity index (χ0n) is 21.9. The van der Waals surface area contributed by atoms with Gasteiger partial charge in [-0.3, -0.25) is 0 Å². The lowest BCUT2D eigenvalue weighted by Gasteiger charge is -2.39. The summed E-state index contributed by atoms with van der Waals surface area (Å²) in [5, 5.41) is 3.13. The van der Waals surface area contributed by atoms with E-state index in [1.54, 1.807) is 32.6 Å². The number of benzene rings is 2. The highest BCUT2D eigenvalue weighted by molar-refractivity contribution is 9.10. The molecule has 0 heterocycles. The molecule has 0 bridgehead atoms. The van der Waals surface area contributed by atoms with Gasteiger partial charge < -0.3 is 0 Å². The molecule has 0 aromatic heterocycles. The van der Waals surface area contributed by atoms with Gasteiger partial charge in [0.05, 0.1) is 24.2 Å². The molecule has 0 nitrogen and oxygen atoms in total. The summed E-state index contributed by atoms with van der Waals surface area (Å²) in [5.74, 6) is 0. The molecule has 4 rings (SSSR count). The van der Waals surface area contributed by atoms with Gasteiger partial charge in [-0.25, -0.2) is 0 Å². The van der Waals surface area contributed by atoms with Crippen LogP contribution < -0.4 is 10.4 Å². The van der Waals surface area contributed by atoms with Crippen LogP contribution in [0.2, 0.25) is 52.4 Å². The zero-order chi connectivity index (χ0) is 24.7. The first-order valence-electron chi connectivity index (χ1n) is 12.1. The van der Waals surface area contributed by atoms with E-state index in [2.05, 4.69) is 135 Å². The molecule has 2 aromatic carbocycles. The first-order valence-corrected chi connectivity index (χ1v) is 23.8. The highest BCUT2D eigenvalue weighted by atomic mass is 79.9. The van der Waals surface area contributed by atoms with Crippen molar-refractivity contribution >= 4 is 78.6 Å². The van der Waals surface area contributed by atoms with E-state index in [1.807, 2.05) is 0 Å². The van der Waals surface area contributed by atoms with Crippen LogP contribution in [-0.2, 0) is 0 Å². The maximum Gasteiger partial charge on any atom is 0.0776 e. The third-order valence-corrected chi connectivity index (χ3v) is 17.7. The standard InChI is InChI=1S/C28H38Br2Si3/c1-17-11-21-23(13-19(15-25(21)29)31(3,4)5)27(17)33(9,10)28-18(2)12-22-24(28)14-20(16-26(22)30)32(6,7)8/h11-16,27-28H,1-10H3. The molecule has 33 heavy (non-hydrogen) atoms. The van der Waals surface area contributed by atoms with Gasteiger partial charge in [0.2, 0.25) is 0 Å². The molecular weight excluding hydrogens is 580 g/mol. The lowest BCUT2D eigenvalue weighted by Crippen LogP contribution is -2.44. The summed E-state index contributed by atoms with van der Waals surface area (Å²) in [6.07, 6.45) is 4.94. The Morgan fingerprint density at radius 2 is 0.909 bits per heavy atom. The highest BCUT2D eigenvalue weighted by Gasteiger charge is 2.47. The molecule has 0 amide bonds. The van der Waals surface area contributed by atoms with Crippen LogP contribution in [0.5, 0.6) is 0 Å². The minimum Gasteiger partial charge on any atom is -0.0679 e. The van der Waals surface area contributed by atoms with Gasteiger partial charge in [0.15, 0.2) is 0 Å². The topological polar surface area (TPSA) is 0 Å². The summed E-state index contributed by atoms with van der Waals surface area (Å²) in [7, 11) is -4.64. The SMILES string of the molecule is CC1=Cc2c(Br)cc([Si](C)(C)C)cc2C1[Si](C)(C)C1C(C)=Cc2c(Br)cc([Si](C)(C)C)cc21. The Kier molecular flexibility index (Phi) is 6.44. The summed E-state index contributed by atoms with van der Waals surface area (Å²) in [5.41, 5.74) is 10.2. The number of hydrogen-bond donors (Lipinski definition) is 0. The molecular formula is C28H38Br2Si3. The summed E-state index contributed by atoms with van der Waals surface area (Å²) in [4.78, 5) is 0. The van der Waals surface area contributed by atoms with Gasteiger partial charge in [-0.2, -0.15) is 0 Å². The Bertz CT molecular complexity index is 1110. The number of fused-ring (bicyclic) bond motifs is 2. The van der Waals surface area contributed by atoms with E-state index < -0.39 is 24.2 Å². The minimum atomic E-state index is -1.82. The lowest BCUT2D eigenvalue weighted by atomic mass is 10.1. The van der Waals surface area contributed by atoms with Gasteiger partial charge in [-0.1, -0.05) is 130 Å². The van der Waals surface area contributed by atoms with E-state index in [0.29, 0.717) is 11.1 Å². The minimum absolute atomic E-state index is 0.550. The van der Waals surface area contributed by atoms with Crippen LogP contribution in [0.15, 0.2) is 44.4 Å². The van der Waals surface area contributed by atoms with Gasteiger partial charge in [-0.15, -0.1) is 0 Å².